The van der Waals surface area contributed by atoms with Gasteiger partial charge in [-0.25, -0.2) is 4.79 Å². The third-order valence-corrected chi connectivity index (χ3v) is 7.33. The molecule has 2 unspecified atom stereocenters. The molecule has 0 saturated heterocycles. The standard InChI is InChI=1S/C33H41N3O4/c1-7-23(2)36(29-16-17-30-28(21-29)22-35(34-30)32(38)40-33(3,4)5)31(37)26-14-12-25(13-15-26)27-11-9-8-10-24(20-27)18-19-39-6/h8-9,11-15,20,22-23,29H,7,16-19,21H2,1-6H3. The van der Waals surface area contributed by atoms with E-state index in [9.17, 15) is 9.59 Å². The van der Waals surface area contributed by atoms with Crippen molar-refractivity contribution in [2.24, 2.45) is 0 Å². The van der Waals surface area contributed by atoms with Crippen LogP contribution in [0.2, 0.25) is 0 Å². The quantitative estimate of drug-likeness (QED) is 0.354. The molecule has 2 aliphatic rings. The van der Waals surface area contributed by atoms with E-state index in [1.54, 1.807) is 13.3 Å². The molecule has 0 aliphatic heterocycles. The summed E-state index contributed by atoms with van der Waals surface area (Å²) < 4.78 is 12.0. The number of benzene rings is 1. The van der Waals surface area contributed by atoms with E-state index in [1.165, 1.54) is 4.68 Å². The molecule has 0 fully saturated rings. The first-order valence-corrected chi connectivity index (χ1v) is 14.2. The monoisotopic (exact) mass is 543 g/mol. The van der Waals surface area contributed by atoms with Gasteiger partial charge < -0.3 is 14.4 Å². The van der Waals surface area contributed by atoms with E-state index in [-0.39, 0.29) is 18.0 Å². The lowest BCUT2D eigenvalue weighted by molar-refractivity contribution is 0.0512. The highest BCUT2D eigenvalue weighted by molar-refractivity contribution is 5.95. The van der Waals surface area contributed by atoms with Crippen molar-refractivity contribution in [2.75, 3.05) is 13.7 Å². The van der Waals surface area contributed by atoms with E-state index in [2.05, 4.69) is 36.8 Å². The number of ether oxygens (including phenoxy) is 2. The predicted molar refractivity (Wildman–Crippen MR) is 157 cm³/mol. The molecule has 0 bridgehead atoms. The molecule has 0 radical (unpaired) electrons. The molecule has 2 atom stereocenters. The van der Waals surface area contributed by atoms with Crippen LogP contribution >= 0.6 is 0 Å². The van der Waals surface area contributed by atoms with Crippen LogP contribution in [0.25, 0.3) is 5.57 Å². The van der Waals surface area contributed by atoms with Crippen LogP contribution < -0.4 is 0 Å². The molecule has 0 saturated carbocycles. The number of rotatable bonds is 8. The molecule has 1 aromatic heterocycles. The number of hydrogen-bond donors (Lipinski definition) is 0. The first-order valence-electron chi connectivity index (χ1n) is 14.2. The molecule has 0 spiro atoms. The van der Waals surface area contributed by atoms with E-state index in [4.69, 9.17) is 9.47 Å². The Morgan fingerprint density at radius 1 is 1.23 bits per heavy atom. The zero-order chi connectivity index (χ0) is 28.9. The SMILES string of the molecule is CCC(C)N(C(=O)c1ccc(C2=CC(CCOC)=C=CC=C2)cc1)C1CCc2nn(C(=O)OC(C)(C)C)cc2C1. The van der Waals surface area contributed by atoms with E-state index in [1.807, 2.05) is 62.1 Å². The number of amides is 1. The number of fused-ring (bicyclic) bond motifs is 1. The summed E-state index contributed by atoms with van der Waals surface area (Å²) in [6, 6.07) is 7.98. The molecule has 7 heteroatoms. The van der Waals surface area contributed by atoms with Crippen molar-refractivity contribution in [3.8, 4) is 0 Å². The average molecular weight is 544 g/mol. The van der Waals surface area contributed by atoms with E-state index >= 15 is 0 Å². The van der Waals surface area contributed by atoms with E-state index in [0.29, 0.717) is 25.0 Å². The summed E-state index contributed by atoms with van der Waals surface area (Å²) in [5.74, 6) is 0.0293. The van der Waals surface area contributed by atoms with Crippen molar-refractivity contribution < 1.29 is 19.1 Å². The first kappa shape index (κ1) is 29.3. The minimum Gasteiger partial charge on any atom is -0.442 e. The van der Waals surface area contributed by atoms with Crippen molar-refractivity contribution in [1.82, 2.24) is 14.7 Å². The molecule has 1 heterocycles. The lowest BCUT2D eigenvalue weighted by Gasteiger charge is -2.38. The third kappa shape index (κ3) is 7.09. The van der Waals surface area contributed by atoms with Crippen LogP contribution in [0.15, 0.2) is 66.1 Å². The number of aromatic nitrogens is 2. The van der Waals surface area contributed by atoms with Gasteiger partial charge in [0.05, 0.1) is 12.3 Å². The van der Waals surface area contributed by atoms with Gasteiger partial charge in [0.2, 0.25) is 0 Å². The average Bonchev–Trinajstić information content (AvgIpc) is 3.21. The summed E-state index contributed by atoms with van der Waals surface area (Å²) in [6.45, 7) is 10.4. The Bertz CT molecular complexity index is 1350. The Hall–Kier alpha value is -3.67. The Labute approximate surface area is 237 Å². The van der Waals surface area contributed by atoms with Gasteiger partial charge in [0, 0.05) is 37.4 Å². The smallest absolute Gasteiger partial charge is 0.435 e. The lowest BCUT2D eigenvalue weighted by Crippen LogP contribution is -2.48. The zero-order valence-electron chi connectivity index (χ0n) is 24.6. The van der Waals surface area contributed by atoms with Gasteiger partial charge in [-0.2, -0.15) is 9.78 Å². The number of methoxy groups -OCH3 is 1. The minimum absolute atomic E-state index is 0.0259. The fourth-order valence-corrected chi connectivity index (χ4v) is 5.12. The largest absolute Gasteiger partial charge is 0.442 e. The van der Waals surface area contributed by atoms with Crippen LogP contribution in [-0.4, -0.2) is 58.1 Å². The number of aryl methyl sites for hydroxylation is 1. The van der Waals surface area contributed by atoms with Crippen molar-refractivity contribution in [1.29, 1.82) is 0 Å². The second-order valence-corrected chi connectivity index (χ2v) is 11.5. The maximum atomic E-state index is 13.9. The maximum absolute atomic E-state index is 13.9. The molecule has 212 valence electrons. The number of hydrogen-bond acceptors (Lipinski definition) is 5. The molecule has 40 heavy (non-hydrogen) atoms. The first-order chi connectivity index (χ1) is 19.1. The van der Waals surface area contributed by atoms with Crippen molar-refractivity contribution in [3.63, 3.8) is 0 Å². The summed E-state index contributed by atoms with van der Waals surface area (Å²) in [7, 11) is 1.70. The Morgan fingerprint density at radius 3 is 2.65 bits per heavy atom. The lowest BCUT2D eigenvalue weighted by atomic mass is 9.90. The maximum Gasteiger partial charge on any atom is 0.435 e. The summed E-state index contributed by atoms with van der Waals surface area (Å²) in [4.78, 5) is 28.5. The second kappa shape index (κ2) is 12.7. The van der Waals surface area contributed by atoms with E-state index in [0.717, 1.165) is 47.2 Å². The van der Waals surface area contributed by atoms with E-state index < -0.39 is 11.7 Å². The second-order valence-electron chi connectivity index (χ2n) is 11.5. The molecular weight excluding hydrogens is 502 g/mol. The van der Waals surface area contributed by atoms with Crippen LogP contribution in [0.3, 0.4) is 0 Å². The minimum atomic E-state index is -0.593. The predicted octanol–water partition coefficient (Wildman–Crippen LogP) is 6.54. The molecular formula is C33H41N3O4. The molecule has 1 aromatic carbocycles. The van der Waals surface area contributed by atoms with Gasteiger partial charge in [-0.15, -0.1) is 5.73 Å². The number of allylic oxidation sites excluding steroid dienone is 4. The van der Waals surface area contributed by atoms with Gasteiger partial charge in [-0.1, -0.05) is 31.2 Å². The Morgan fingerprint density at radius 2 is 1.98 bits per heavy atom. The molecule has 4 rings (SSSR count). The number of carbonyl (C=O) groups is 2. The Kier molecular flexibility index (Phi) is 9.28. The number of carbonyl (C=O) groups excluding carboxylic acids is 2. The summed E-state index contributed by atoms with van der Waals surface area (Å²) >= 11 is 0. The van der Waals surface area contributed by atoms with Gasteiger partial charge in [0.15, 0.2) is 0 Å². The van der Waals surface area contributed by atoms with Crippen LogP contribution in [0.1, 0.15) is 81.1 Å². The van der Waals surface area contributed by atoms with Crippen molar-refractivity contribution in [2.45, 2.75) is 84.4 Å². The third-order valence-electron chi connectivity index (χ3n) is 7.33. The van der Waals surface area contributed by atoms with Gasteiger partial charge in [0.1, 0.15) is 5.60 Å². The van der Waals surface area contributed by atoms with Crippen LogP contribution in [-0.2, 0) is 22.3 Å². The summed E-state index contributed by atoms with van der Waals surface area (Å²) in [5, 5.41) is 4.49. The van der Waals surface area contributed by atoms with Crippen LogP contribution in [0.5, 0.6) is 0 Å². The van der Waals surface area contributed by atoms with Gasteiger partial charge in [-0.05, 0) is 99.9 Å². The van der Waals surface area contributed by atoms with Gasteiger partial charge in [-0.3, -0.25) is 4.79 Å². The fraction of sp³-hybridized carbons (Fsp3) is 0.455. The van der Waals surface area contributed by atoms with Crippen molar-refractivity contribution >= 4 is 17.6 Å². The topological polar surface area (TPSA) is 73.7 Å². The van der Waals surface area contributed by atoms with Crippen molar-refractivity contribution in [3.05, 3.63) is 88.5 Å². The number of nitrogens with zero attached hydrogens (tertiary/aromatic N) is 3. The highest BCUT2D eigenvalue weighted by atomic mass is 16.6. The fourth-order valence-electron chi connectivity index (χ4n) is 5.12. The highest BCUT2D eigenvalue weighted by Crippen LogP contribution is 2.28. The molecule has 2 aliphatic carbocycles. The molecule has 2 aromatic rings. The van der Waals surface area contributed by atoms with Crippen LogP contribution in [0, 0.1) is 0 Å². The van der Waals surface area contributed by atoms with Crippen LogP contribution in [0.4, 0.5) is 4.79 Å². The Balaban J connectivity index is 1.52. The highest BCUT2D eigenvalue weighted by Gasteiger charge is 2.33. The zero-order valence-corrected chi connectivity index (χ0v) is 24.6. The summed E-state index contributed by atoms with van der Waals surface area (Å²) in [5.41, 5.74) is 8.48. The van der Waals surface area contributed by atoms with Gasteiger partial charge >= 0.3 is 6.09 Å². The summed E-state index contributed by atoms with van der Waals surface area (Å²) in [6.07, 6.45) is 13.2. The molecule has 0 N–H and O–H groups in total. The molecule has 7 nitrogen and oxygen atoms in total. The molecule has 1 amide bonds. The van der Waals surface area contributed by atoms with Gasteiger partial charge in [0.25, 0.3) is 5.91 Å². The normalized spacial score (nSPS) is 17.4.